The van der Waals surface area contributed by atoms with Crippen LogP contribution < -0.4 is 4.74 Å². The number of hydrogen-bond acceptors (Lipinski definition) is 2. The maximum Gasteiger partial charge on any atom is 0.204 e. The lowest BCUT2D eigenvalue weighted by molar-refractivity contribution is 0.414. The lowest BCUT2D eigenvalue weighted by Gasteiger charge is -2.09. The normalized spacial score (nSPS) is 14.8. The number of ether oxygens (including phenoxy) is 1. The zero-order valence-corrected chi connectivity index (χ0v) is 9.33. The van der Waals surface area contributed by atoms with E-state index in [0.29, 0.717) is 6.16 Å². The van der Waals surface area contributed by atoms with Crippen LogP contribution in [0.3, 0.4) is 0 Å². The molecule has 78 valence electrons. The Morgan fingerprint density at radius 2 is 2.21 bits per heavy atom. The lowest BCUT2D eigenvalue weighted by atomic mass is 10.2. The average Bonchev–Trinajstić information content (AvgIpc) is 2.17. The summed E-state index contributed by atoms with van der Waals surface area (Å²) in [4.78, 5) is 9.45. The van der Waals surface area contributed by atoms with Gasteiger partial charge >= 0.3 is 0 Å². The van der Waals surface area contributed by atoms with E-state index in [0.717, 1.165) is 11.3 Å². The van der Waals surface area contributed by atoms with E-state index in [1.807, 2.05) is 18.2 Å². The van der Waals surface area contributed by atoms with Crippen molar-refractivity contribution in [2.24, 2.45) is 0 Å². The van der Waals surface area contributed by atoms with Crippen LogP contribution in [0, 0.1) is 0 Å². The molecule has 1 atom stereocenters. The highest BCUT2D eigenvalue weighted by Gasteiger charge is 2.15. The molecule has 0 aliphatic rings. The third-order valence-electron chi connectivity index (χ3n) is 2.06. The number of hydrogen-bond donors (Lipinski definition) is 1. The smallest absolute Gasteiger partial charge is 0.204 e. The second-order valence-electron chi connectivity index (χ2n) is 3.17. The maximum atomic E-state index is 11.5. The fourth-order valence-electron chi connectivity index (χ4n) is 1.17. The van der Waals surface area contributed by atoms with E-state index in [2.05, 4.69) is 0 Å². The molecule has 0 amide bonds. The monoisotopic (exact) mass is 214 g/mol. The van der Waals surface area contributed by atoms with E-state index < -0.39 is 7.37 Å². The molecular formula is C10H15O3P. The van der Waals surface area contributed by atoms with Crippen LogP contribution >= 0.6 is 7.37 Å². The molecule has 0 fully saturated rings. The highest BCUT2D eigenvalue weighted by Crippen LogP contribution is 2.43. The molecular weight excluding hydrogens is 199 g/mol. The van der Waals surface area contributed by atoms with Crippen molar-refractivity contribution in [2.45, 2.75) is 13.1 Å². The summed E-state index contributed by atoms with van der Waals surface area (Å²) >= 11 is 0. The first kappa shape index (κ1) is 11.3. The molecule has 0 aliphatic heterocycles. The third kappa shape index (κ3) is 3.17. The van der Waals surface area contributed by atoms with Gasteiger partial charge in [0.05, 0.1) is 7.11 Å². The minimum atomic E-state index is -2.98. The Labute approximate surface area is 84.2 Å². The Bertz CT molecular complexity index is 349. The van der Waals surface area contributed by atoms with Gasteiger partial charge in [0.1, 0.15) is 5.75 Å². The number of rotatable bonds is 4. The van der Waals surface area contributed by atoms with Crippen molar-refractivity contribution in [3.05, 3.63) is 29.8 Å². The molecule has 1 unspecified atom stereocenters. The fourth-order valence-corrected chi connectivity index (χ4v) is 2.16. The summed E-state index contributed by atoms with van der Waals surface area (Å²) in [5.74, 6) is 0.721. The largest absolute Gasteiger partial charge is 0.497 e. The van der Waals surface area contributed by atoms with Crippen molar-refractivity contribution in [3.63, 3.8) is 0 Å². The topological polar surface area (TPSA) is 46.5 Å². The molecule has 0 aliphatic carbocycles. The number of methoxy groups -OCH3 is 1. The first-order chi connectivity index (χ1) is 6.57. The molecule has 0 bridgehead atoms. The van der Waals surface area contributed by atoms with Gasteiger partial charge in [-0.3, -0.25) is 4.57 Å². The Morgan fingerprint density at radius 1 is 1.50 bits per heavy atom. The van der Waals surface area contributed by atoms with Crippen LogP contribution in [-0.2, 0) is 10.7 Å². The number of benzene rings is 1. The minimum absolute atomic E-state index is 0.223. The first-order valence-corrected chi connectivity index (χ1v) is 6.54. The second kappa shape index (κ2) is 4.63. The van der Waals surface area contributed by atoms with Gasteiger partial charge in [-0.05, 0) is 17.7 Å². The Kier molecular flexibility index (Phi) is 3.73. The van der Waals surface area contributed by atoms with Crippen molar-refractivity contribution in [2.75, 3.05) is 13.3 Å². The van der Waals surface area contributed by atoms with E-state index >= 15 is 0 Å². The quantitative estimate of drug-likeness (QED) is 0.783. The van der Waals surface area contributed by atoms with Crippen LogP contribution in [0.4, 0.5) is 0 Å². The zero-order chi connectivity index (χ0) is 10.6. The summed E-state index contributed by atoms with van der Waals surface area (Å²) in [7, 11) is -1.40. The summed E-state index contributed by atoms with van der Waals surface area (Å²) in [5, 5.41) is 0. The van der Waals surface area contributed by atoms with Gasteiger partial charge in [-0.25, -0.2) is 0 Å². The van der Waals surface area contributed by atoms with Gasteiger partial charge < -0.3 is 9.63 Å². The van der Waals surface area contributed by atoms with E-state index in [1.165, 1.54) is 0 Å². The van der Waals surface area contributed by atoms with Gasteiger partial charge in [-0.2, -0.15) is 0 Å². The summed E-state index contributed by atoms with van der Waals surface area (Å²) in [6, 6.07) is 7.27. The molecule has 1 aromatic carbocycles. The maximum absolute atomic E-state index is 11.5. The van der Waals surface area contributed by atoms with Crippen molar-refractivity contribution < 1.29 is 14.2 Å². The molecule has 0 saturated carbocycles. The predicted molar refractivity (Wildman–Crippen MR) is 57.1 cm³/mol. The Balaban J connectivity index is 2.82. The molecule has 4 heteroatoms. The SMILES string of the molecule is CCP(=O)(O)Cc1cccc(OC)c1. The molecule has 0 heterocycles. The van der Waals surface area contributed by atoms with E-state index in [-0.39, 0.29) is 6.16 Å². The van der Waals surface area contributed by atoms with Crippen molar-refractivity contribution in [1.29, 1.82) is 0 Å². The Morgan fingerprint density at radius 3 is 2.79 bits per heavy atom. The molecule has 1 rings (SSSR count). The van der Waals surface area contributed by atoms with Gasteiger partial charge in [0.2, 0.25) is 7.37 Å². The lowest BCUT2D eigenvalue weighted by Crippen LogP contribution is -1.91. The molecule has 1 N–H and O–H groups in total. The van der Waals surface area contributed by atoms with Crippen LogP contribution in [0.2, 0.25) is 0 Å². The van der Waals surface area contributed by atoms with Gasteiger partial charge in [-0.1, -0.05) is 19.1 Å². The summed E-state index contributed by atoms with van der Waals surface area (Å²) in [6.07, 6.45) is 0.533. The zero-order valence-electron chi connectivity index (χ0n) is 8.43. The van der Waals surface area contributed by atoms with Crippen LogP contribution in [0.25, 0.3) is 0 Å². The molecule has 14 heavy (non-hydrogen) atoms. The fraction of sp³-hybridized carbons (Fsp3) is 0.400. The van der Waals surface area contributed by atoms with Gasteiger partial charge in [-0.15, -0.1) is 0 Å². The first-order valence-electron chi connectivity index (χ1n) is 4.51. The van der Waals surface area contributed by atoms with Gasteiger partial charge in [0.25, 0.3) is 0 Å². The third-order valence-corrected chi connectivity index (χ3v) is 3.91. The predicted octanol–water partition coefficient (Wildman–Crippen LogP) is 2.49. The molecule has 0 spiro atoms. The molecule has 1 aromatic rings. The highest BCUT2D eigenvalue weighted by molar-refractivity contribution is 7.57. The van der Waals surface area contributed by atoms with Gasteiger partial charge in [0, 0.05) is 12.3 Å². The van der Waals surface area contributed by atoms with E-state index in [4.69, 9.17) is 4.74 Å². The van der Waals surface area contributed by atoms with E-state index in [1.54, 1.807) is 20.1 Å². The summed E-state index contributed by atoms with van der Waals surface area (Å²) in [6.45, 7) is 1.72. The van der Waals surface area contributed by atoms with Crippen LogP contribution in [-0.4, -0.2) is 18.2 Å². The van der Waals surface area contributed by atoms with Crippen molar-refractivity contribution in [3.8, 4) is 5.75 Å². The van der Waals surface area contributed by atoms with Gasteiger partial charge in [0.15, 0.2) is 0 Å². The van der Waals surface area contributed by atoms with Crippen LogP contribution in [0.5, 0.6) is 5.75 Å². The summed E-state index contributed by atoms with van der Waals surface area (Å²) in [5.41, 5.74) is 0.844. The molecule has 0 aromatic heterocycles. The Hall–Kier alpha value is -0.790. The standard InChI is InChI=1S/C10H15O3P/c1-3-14(11,12)8-9-5-4-6-10(7-9)13-2/h4-7H,3,8H2,1-2H3,(H,11,12). The van der Waals surface area contributed by atoms with Crippen LogP contribution in [0.15, 0.2) is 24.3 Å². The second-order valence-corrected chi connectivity index (χ2v) is 5.81. The highest BCUT2D eigenvalue weighted by atomic mass is 31.2. The molecule has 0 radical (unpaired) electrons. The van der Waals surface area contributed by atoms with Crippen LogP contribution in [0.1, 0.15) is 12.5 Å². The molecule has 0 saturated heterocycles. The van der Waals surface area contributed by atoms with E-state index in [9.17, 15) is 9.46 Å². The van der Waals surface area contributed by atoms with Crippen molar-refractivity contribution in [1.82, 2.24) is 0 Å². The minimum Gasteiger partial charge on any atom is -0.497 e. The van der Waals surface area contributed by atoms with Crippen molar-refractivity contribution >= 4 is 7.37 Å². The average molecular weight is 214 g/mol. The summed E-state index contributed by atoms with van der Waals surface area (Å²) < 4.78 is 16.5. The molecule has 3 nitrogen and oxygen atoms in total.